The second-order valence-corrected chi connectivity index (χ2v) is 25.0. The van der Waals surface area contributed by atoms with E-state index in [9.17, 15) is 19.0 Å². The van der Waals surface area contributed by atoms with E-state index in [-0.39, 0.29) is 31.5 Å². The van der Waals surface area contributed by atoms with E-state index in [2.05, 4.69) is 62.5 Å². The van der Waals surface area contributed by atoms with Crippen LogP contribution >= 0.6 is 7.82 Å². The number of allylic oxidation sites excluding steroid dienone is 7. The van der Waals surface area contributed by atoms with E-state index in [4.69, 9.17) is 13.8 Å². The molecule has 0 saturated carbocycles. The number of carbonyl (C=O) groups is 2. The lowest BCUT2D eigenvalue weighted by atomic mass is 10.0. The van der Waals surface area contributed by atoms with Crippen LogP contribution in [0.4, 0.5) is 0 Å². The molecule has 0 heterocycles. The van der Waals surface area contributed by atoms with Crippen LogP contribution in [0.3, 0.4) is 0 Å². The fraction of sp³-hybridized carbons (Fsp3) is 0.851. The van der Waals surface area contributed by atoms with Gasteiger partial charge < -0.3 is 28.5 Å². The molecule has 9 nitrogen and oxygen atoms in total. The predicted molar refractivity (Wildman–Crippen MR) is 330 cm³/mol. The molecule has 0 aliphatic heterocycles. The Hall–Kier alpha value is -2.03. The number of likely N-dealkylation sites (N-methyl/N-ethyl adjacent to an activating group) is 1. The molecule has 0 aromatic heterocycles. The molecule has 0 aromatic rings. The van der Waals surface area contributed by atoms with E-state index < -0.39 is 20.0 Å². The lowest BCUT2D eigenvalue weighted by Crippen LogP contribution is -2.47. The molecule has 1 amide bonds. The molecule has 0 fully saturated rings. The van der Waals surface area contributed by atoms with Crippen LogP contribution in [0.25, 0.3) is 0 Å². The van der Waals surface area contributed by atoms with E-state index in [0.29, 0.717) is 17.4 Å². The Morgan fingerprint density at radius 3 is 1.21 bits per heavy atom. The average molecular weight is 1100 g/mol. The van der Waals surface area contributed by atoms with Gasteiger partial charge in [-0.1, -0.05) is 282 Å². The van der Waals surface area contributed by atoms with Crippen molar-refractivity contribution < 1.29 is 37.3 Å². The molecule has 0 radical (unpaired) electrons. The molecular weight excluding hydrogens is 976 g/mol. The summed E-state index contributed by atoms with van der Waals surface area (Å²) in [7, 11) is 1.19. The highest BCUT2D eigenvalue weighted by Gasteiger charge is 2.27. The van der Waals surface area contributed by atoms with Gasteiger partial charge in [0.2, 0.25) is 5.91 Å². The number of nitrogens with one attached hydrogen (secondary N) is 1. The number of amides is 1. The summed E-state index contributed by atoms with van der Waals surface area (Å²) in [5.41, 5.74) is 0. The Morgan fingerprint density at radius 2 is 0.792 bits per heavy atom. The first-order chi connectivity index (χ1) is 37.4. The Bertz CT molecular complexity index is 1460. The van der Waals surface area contributed by atoms with Gasteiger partial charge >= 0.3 is 5.97 Å². The SMILES string of the molecule is CCCCC/C=C\C/C=C\C/C=C\CCCCCCCCCCCCC(=O)NC(COP(=O)([O-])OCC[N+](C)(C)C)C(/C=C\CCCCCCCCCCCCC)OC(=O)CCCCCCCCCCCCCCCCC. The van der Waals surface area contributed by atoms with Crippen LogP contribution in [0, 0.1) is 0 Å². The van der Waals surface area contributed by atoms with Gasteiger partial charge in [0.15, 0.2) is 0 Å². The normalized spacial score (nSPS) is 13.9. The molecule has 1 N–H and O–H groups in total. The maximum absolute atomic E-state index is 13.6. The molecule has 452 valence electrons. The van der Waals surface area contributed by atoms with Crippen LogP contribution in [0.2, 0.25) is 0 Å². The van der Waals surface area contributed by atoms with Crippen LogP contribution < -0.4 is 10.2 Å². The Kier molecular flexibility index (Phi) is 55.7. The molecular formula is C67H127N2O7P. The summed E-state index contributed by atoms with van der Waals surface area (Å²) in [4.78, 5) is 40.1. The number of esters is 1. The summed E-state index contributed by atoms with van der Waals surface area (Å²) in [6.07, 6.45) is 70.7. The quantitative estimate of drug-likeness (QED) is 0.0212. The first-order valence-corrected chi connectivity index (χ1v) is 34.4. The minimum absolute atomic E-state index is 0.0217. The molecule has 3 atom stereocenters. The Balaban J connectivity index is 5.17. The van der Waals surface area contributed by atoms with E-state index in [1.165, 1.54) is 205 Å². The summed E-state index contributed by atoms with van der Waals surface area (Å²) < 4.78 is 30.4. The van der Waals surface area contributed by atoms with Gasteiger partial charge in [0.25, 0.3) is 7.82 Å². The van der Waals surface area contributed by atoms with Crippen molar-refractivity contribution in [3.63, 3.8) is 0 Å². The van der Waals surface area contributed by atoms with Crippen LogP contribution in [0.5, 0.6) is 0 Å². The van der Waals surface area contributed by atoms with Gasteiger partial charge in [0, 0.05) is 12.8 Å². The fourth-order valence-corrected chi connectivity index (χ4v) is 10.4. The smallest absolute Gasteiger partial charge is 0.306 e. The lowest BCUT2D eigenvalue weighted by Gasteiger charge is -2.30. The molecule has 0 bridgehead atoms. The van der Waals surface area contributed by atoms with Gasteiger partial charge in [-0.25, -0.2) is 0 Å². The second-order valence-electron chi connectivity index (χ2n) is 23.6. The number of hydrogen-bond donors (Lipinski definition) is 1. The zero-order valence-corrected chi connectivity index (χ0v) is 52.6. The van der Waals surface area contributed by atoms with Crippen LogP contribution in [0.15, 0.2) is 48.6 Å². The van der Waals surface area contributed by atoms with Crippen molar-refractivity contribution in [2.45, 2.75) is 328 Å². The van der Waals surface area contributed by atoms with Gasteiger partial charge in [0.05, 0.1) is 33.8 Å². The van der Waals surface area contributed by atoms with Crippen molar-refractivity contribution in [2.24, 2.45) is 0 Å². The number of ether oxygens (including phenoxy) is 1. The highest BCUT2D eigenvalue weighted by molar-refractivity contribution is 7.45. The summed E-state index contributed by atoms with van der Waals surface area (Å²) in [6, 6.07) is -0.888. The largest absolute Gasteiger partial charge is 0.756 e. The monoisotopic (exact) mass is 1100 g/mol. The molecule has 0 aliphatic carbocycles. The van der Waals surface area contributed by atoms with E-state index >= 15 is 0 Å². The van der Waals surface area contributed by atoms with Gasteiger partial charge in [-0.3, -0.25) is 14.2 Å². The van der Waals surface area contributed by atoms with Crippen molar-refractivity contribution >= 4 is 19.7 Å². The molecule has 77 heavy (non-hydrogen) atoms. The van der Waals surface area contributed by atoms with Crippen molar-refractivity contribution in [2.75, 3.05) is 40.9 Å². The van der Waals surface area contributed by atoms with E-state index in [1.54, 1.807) is 0 Å². The van der Waals surface area contributed by atoms with E-state index in [0.717, 1.165) is 77.0 Å². The predicted octanol–water partition coefficient (Wildman–Crippen LogP) is 19.8. The van der Waals surface area contributed by atoms with Crippen LogP contribution in [0.1, 0.15) is 316 Å². The van der Waals surface area contributed by atoms with Gasteiger partial charge in [0.1, 0.15) is 19.3 Å². The first kappa shape index (κ1) is 75.0. The van der Waals surface area contributed by atoms with Crippen LogP contribution in [-0.2, 0) is 27.9 Å². The summed E-state index contributed by atoms with van der Waals surface area (Å²) >= 11 is 0. The topological polar surface area (TPSA) is 114 Å². The number of nitrogens with zero attached hydrogens (tertiary/aromatic N) is 1. The zero-order valence-electron chi connectivity index (χ0n) is 51.7. The minimum atomic E-state index is -4.70. The lowest BCUT2D eigenvalue weighted by molar-refractivity contribution is -0.870. The molecule has 0 aliphatic rings. The average Bonchev–Trinajstić information content (AvgIpc) is 3.39. The van der Waals surface area contributed by atoms with Gasteiger partial charge in [-0.05, 0) is 70.3 Å². The highest BCUT2D eigenvalue weighted by atomic mass is 31.2. The summed E-state index contributed by atoms with van der Waals surface area (Å²) in [5, 5.41) is 3.04. The first-order valence-electron chi connectivity index (χ1n) is 32.9. The minimum Gasteiger partial charge on any atom is -0.756 e. The van der Waals surface area contributed by atoms with Crippen molar-refractivity contribution in [1.82, 2.24) is 5.32 Å². The Labute approximate surface area is 478 Å². The maximum Gasteiger partial charge on any atom is 0.306 e. The zero-order chi connectivity index (χ0) is 56.4. The third-order valence-corrected chi connectivity index (χ3v) is 15.7. The van der Waals surface area contributed by atoms with Crippen molar-refractivity contribution in [3.8, 4) is 0 Å². The summed E-state index contributed by atoms with van der Waals surface area (Å²) in [6.45, 7) is 6.85. The number of rotatable bonds is 60. The number of unbranched alkanes of at least 4 members (excludes halogenated alkanes) is 38. The van der Waals surface area contributed by atoms with Crippen molar-refractivity contribution in [1.29, 1.82) is 0 Å². The maximum atomic E-state index is 13.6. The molecule has 0 spiro atoms. The van der Waals surface area contributed by atoms with Crippen molar-refractivity contribution in [3.05, 3.63) is 48.6 Å². The number of phosphoric ester groups is 1. The molecule has 10 heteroatoms. The highest BCUT2D eigenvalue weighted by Crippen LogP contribution is 2.38. The van der Waals surface area contributed by atoms with Gasteiger partial charge in [-0.2, -0.15) is 0 Å². The number of hydrogen-bond acceptors (Lipinski definition) is 7. The second kappa shape index (κ2) is 57.2. The standard InChI is InChI=1S/C67H127N2O7P/c1-7-10-13-16-19-22-25-28-30-31-32-33-34-35-36-37-39-41-44-47-50-53-56-59-66(70)68-64(63-75-77(72,73)74-62-61-69(4,5)6)65(58-55-52-49-46-43-40-27-24-21-18-15-12-9-3)76-67(71)60-57-54-51-48-45-42-38-29-26-23-20-17-14-11-8-2/h19,22,28,30,32-33,55,58,64-65H,7-18,20-21,23-27,29,31,34-54,56-57,59-63H2,1-6H3,(H-,68,70,72,73)/b22-19-,30-28-,33-32-,58-55-. The molecule has 0 rings (SSSR count). The number of carbonyl (C=O) groups excluding carboxylic acids is 2. The fourth-order valence-electron chi connectivity index (χ4n) is 9.65. The molecule has 3 unspecified atom stereocenters. The number of phosphoric acid groups is 1. The van der Waals surface area contributed by atoms with E-state index in [1.807, 2.05) is 33.3 Å². The molecule has 0 saturated heterocycles. The molecule has 0 aromatic carbocycles. The summed E-state index contributed by atoms with van der Waals surface area (Å²) in [5.74, 6) is -0.532. The van der Waals surface area contributed by atoms with Gasteiger partial charge in [-0.15, -0.1) is 0 Å². The third-order valence-electron chi connectivity index (χ3n) is 14.8. The number of quaternary nitrogens is 1. The Morgan fingerprint density at radius 1 is 0.455 bits per heavy atom. The van der Waals surface area contributed by atoms with Crippen LogP contribution in [-0.4, -0.2) is 69.4 Å². The third kappa shape index (κ3) is 58.4.